The Morgan fingerprint density at radius 3 is 2.56 bits per heavy atom. The van der Waals surface area contributed by atoms with Crippen molar-refractivity contribution in [2.24, 2.45) is 7.05 Å². The Bertz CT molecular complexity index is 838. The predicted octanol–water partition coefficient (Wildman–Crippen LogP) is 2.11. The van der Waals surface area contributed by atoms with Gasteiger partial charge < -0.3 is 18.9 Å². The summed E-state index contributed by atoms with van der Waals surface area (Å²) in [6, 6.07) is 0. The van der Waals surface area contributed by atoms with Crippen LogP contribution in [-0.2, 0) is 11.8 Å². The van der Waals surface area contributed by atoms with E-state index in [0.717, 1.165) is 0 Å². The monoisotopic (exact) mass is 388 g/mol. The first-order chi connectivity index (χ1) is 12.7. The molecule has 2 aromatic rings. The van der Waals surface area contributed by atoms with Crippen LogP contribution >= 0.6 is 0 Å². The molecule has 0 radical (unpaired) electrons. The van der Waals surface area contributed by atoms with E-state index in [-0.39, 0.29) is 34.4 Å². The first-order valence-electron chi connectivity index (χ1n) is 8.26. The maximum atomic E-state index is 12.9. The van der Waals surface area contributed by atoms with Gasteiger partial charge in [-0.2, -0.15) is 18.3 Å². The predicted molar refractivity (Wildman–Crippen MR) is 86.5 cm³/mol. The third-order valence-corrected chi connectivity index (χ3v) is 4.15. The molecule has 11 heteroatoms. The van der Waals surface area contributed by atoms with Crippen molar-refractivity contribution in [1.82, 2.24) is 19.8 Å². The highest BCUT2D eigenvalue weighted by Crippen LogP contribution is 2.36. The lowest BCUT2D eigenvalue weighted by Crippen LogP contribution is -2.41. The molecular formula is C16H19F3N4O4. The van der Waals surface area contributed by atoms with Gasteiger partial charge in [0.2, 0.25) is 5.88 Å². The molecule has 0 aromatic carbocycles. The number of aromatic nitrogens is 3. The van der Waals surface area contributed by atoms with Crippen molar-refractivity contribution in [1.29, 1.82) is 0 Å². The average molecular weight is 388 g/mol. The number of hydrogen-bond donors (Lipinski definition) is 0. The van der Waals surface area contributed by atoms with Crippen LogP contribution in [0.3, 0.4) is 0 Å². The minimum atomic E-state index is -4.51. The van der Waals surface area contributed by atoms with Gasteiger partial charge in [0, 0.05) is 20.1 Å². The Labute approximate surface area is 152 Å². The van der Waals surface area contributed by atoms with Gasteiger partial charge in [0.25, 0.3) is 5.91 Å². The second kappa shape index (κ2) is 7.22. The van der Waals surface area contributed by atoms with Gasteiger partial charge in [-0.1, -0.05) is 5.16 Å². The molecular weight excluding hydrogens is 369 g/mol. The molecule has 0 unspecified atom stereocenters. The second-order valence-electron chi connectivity index (χ2n) is 6.16. The molecule has 0 atom stereocenters. The van der Waals surface area contributed by atoms with Crippen LogP contribution in [0.5, 0.6) is 5.88 Å². The van der Waals surface area contributed by atoms with Crippen molar-refractivity contribution in [2.45, 2.75) is 20.0 Å². The smallest absolute Gasteiger partial charge is 0.422 e. The lowest BCUT2D eigenvalue weighted by molar-refractivity contribution is -0.154. The van der Waals surface area contributed by atoms with Crippen LogP contribution < -0.4 is 4.74 Å². The molecule has 0 saturated carbocycles. The topological polar surface area (TPSA) is 82.6 Å². The van der Waals surface area contributed by atoms with E-state index in [0.29, 0.717) is 32.0 Å². The minimum absolute atomic E-state index is 0.117. The van der Waals surface area contributed by atoms with Crippen molar-refractivity contribution in [3.8, 4) is 17.1 Å². The molecule has 3 heterocycles. The lowest BCUT2D eigenvalue weighted by atomic mass is 10.1. The number of halogens is 3. The van der Waals surface area contributed by atoms with E-state index in [4.69, 9.17) is 14.0 Å². The van der Waals surface area contributed by atoms with E-state index < -0.39 is 12.8 Å². The average Bonchev–Trinajstić information content (AvgIpc) is 3.11. The van der Waals surface area contributed by atoms with Crippen LogP contribution in [0, 0.1) is 13.8 Å². The quantitative estimate of drug-likeness (QED) is 0.798. The van der Waals surface area contributed by atoms with Gasteiger partial charge in [-0.15, -0.1) is 0 Å². The number of nitrogens with zero attached hydrogens (tertiary/aromatic N) is 4. The SMILES string of the molecule is Cc1nn(C)c(OCC(F)(F)F)c1-c1noc(C)c1C(=O)N1CCOCC1. The molecule has 8 nitrogen and oxygen atoms in total. The molecule has 148 valence electrons. The Balaban J connectivity index is 2.01. The molecule has 0 N–H and O–H groups in total. The Hall–Kier alpha value is -2.56. The van der Waals surface area contributed by atoms with Crippen LogP contribution in [0.4, 0.5) is 13.2 Å². The highest BCUT2D eigenvalue weighted by atomic mass is 19.4. The molecule has 2 aromatic heterocycles. The number of carbonyl (C=O) groups excluding carboxylic acids is 1. The number of aryl methyl sites for hydroxylation is 3. The fourth-order valence-electron chi connectivity index (χ4n) is 2.94. The Morgan fingerprint density at radius 2 is 1.93 bits per heavy atom. The van der Waals surface area contributed by atoms with Gasteiger partial charge in [-0.25, -0.2) is 4.68 Å². The normalized spacial score (nSPS) is 15.3. The third-order valence-electron chi connectivity index (χ3n) is 4.15. The maximum absolute atomic E-state index is 12.9. The van der Waals surface area contributed by atoms with Gasteiger partial charge in [0.05, 0.1) is 24.5 Å². The highest BCUT2D eigenvalue weighted by Gasteiger charge is 2.34. The highest BCUT2D eigenvalue weighted by molar-refractivity contribution is 6.01. The molecule has 0 aliphatic carbocycles. The number of alkyl halides is 3. The lowest BCUT2D eigenvalue weighted by Gasteiger charge is -2.26. The fraction of sp³-hybridized carbons (Fsp3) is 0.562. The summed E-state index contributed by atoms with van der Waals surface area (Å²) < 4.78 is 54.4. The molecule has 1 fully saturated rings. The third kappa shape index (κ3) is 3.92. The maximum Gasteiger partial charge on any atom is 0.422 e. The zero-order chi connectivity index (χ0) is 19.8. The summed E-state index contributed by atoms with van der Waals surface area (Å²) in [5.41, 5.74) is 0.880. The van der Waals surface area contributed by atoms with Crippen molar-refractivity contribution in [3.63, 3.8) is 0 Å². The van der Waals surface area contributed by atoms with E-state index in [1.54, 1.807) is 18.7 Å². The van der Waals surface area contributed by atoms with Crippen molar-refractivity contribution in [3.05, 3.63) is 17.0 Å². The van der Waals surface area contributed by atoms with E-state index >= 15 is 0 Å². The Morgan fingerprint density at radius 1 is 1.26 bits per heavy atom. The van der Waals surface area contributed by atoms with Gasteiger partial charge in [-0.05, 0) is 13.8 Å². The molecule has 0 spiro atoms. The zero-order valence-corrected chi connectivity index (χ0v) is 15.1. The van der Waals surface area contributed by atoms with Gasteiger partial charge in [0.1, 0.15) is 17.0 Å². The largest absolute Gasteiger partial charge is 0.468 e. The van der Waals surface area contributed by atoms with Crippen LogP contribution in [0.2, 0.25) is 0 Å². The standard InChI is InChI=1S/C16H19F3N4O4/c1-9-11(15(22(3)20-9)26-8-16(17,18)19)13-12(10(2)27-21-13)14(24)23-4-6-25-7-5-23/h4-8H2,1-3H3. The summed E-state index contributed by atoms with van der Waals surface area (Å²) >= 11 is 0. The van der Waals surface area contributed by atoms with Crippen molar-refractivity contribution in [2.75, 3.05) is 32.9 Å². The van der Waals surface area contributed by atoms with Crippen LogP contribution in [0.25, 0.3) is 11.3 Å². The molecule has 3 rings (SSSR count). The number of ether oxygens (including phenoxy) is 2. The summed E-state index contributed by atoms with van der Waals surface area (Å²) in [6.07, 6.45) is -4.51. The summed E-state index contributed by atoms with van der Waals surface area (Å²) in [4.78, 5) is 14.5. The molecule has 27 heavy (non-hydrogen) atoms. The first-order valence-corrected chi connectivity index (χ1v) is 8.26. The van der Waals surface area contributed by atoms with E-state index in [9.17, 15) is 18.0 Å². The van der Waals surface area contributed by atoms with Gasteiger partial charge >= 0.3 is 6.18 Å². The van der Waals surface area contributed by atoms with Gasteiger partial charge in [0.15, 0.2) is 6.61 Å². The molecule has 0 bridgehead atoms. The second-order valence-corrected chi connectivity index (χ2v) is 6.16. The van der Waals surface area contributed by atoms with Crippen molar-refractivity contribution < 1.29 is 32.0 Å². The zero-order valence-electron chi connectivity index (χ0n) is 15.1. The first kappa shape index (κ1) is 19.2. The van der Waals surface area contributed by atoms with E-state index in [1.807, 2.05) is 0 Å². The number of hydrogen-bond acceptors (Lipinski definition) is 6. The Kier molecular flexibility index (Phi) is 5.13. The summed E-state index contributed by atoms with van der Waals surface area (Å²) in [6.45, 7) is 3.34. The molecule has 1 saturated heterocycles. The van der Waals surface area contributed by atoms with Crippen LogP contribution in [-0.4, -0.2) is 64.8 Å². The van der Waals surface area contributed by atoms with E-state index in [2.05, 4.69) is 10.3 Å². The minimum Gasteiger partial charge on any atom is -0.468 e. The van der Waals surface area contributed by atoms with Crippen molar-refractivity contribution >= 4 is 5.91 Å². The molecule has 1 aliphatic heterocycles. The van der Waals surface area contributed by atoms with Gasteiger partial charge in [-0.3, -0.25) is 4.79 Å². The van der Waals surface area contributed by atoms with E-state index in [1.165, 1.54) is 11.7 Å². The summed E-state index contributed by atoms with van der Waals surface area (Å²) in [5.74, 6) is -0.183. The summed E-state index contributed by atoms with van der Waals surface area (Å²) in [7, 11) is 1.46. The van der Waals surface area contributed by atoms with Crippen LogP contribution in [0.15, 0.2) is 4.52 Å². The number of morpholine rings is 1. The summed E-state index contributed by atoms with van der Waals surface area (Å²) in [5, 5.41) is 8.02. The number of amides is 1. The molecule has 1 aliphatic rings. The number of carbonyl (C=O) groups is 1. The molecule has 1 amide bonds. The number of rotatable bonds is 4. The van der Waals surface area contributed by atoms with Crippen LogP contribution in [0.1, 0.15) is 21.8 Å². The fourth-order valence-corrected chi connectivity index (χ4v) is 2.94.